The van der Waals surface area contributed by atoms with Crippen molar-refractivity contribution in [2.45, 2.75) is 25.3 Å². The van der Waals surface area contributed by atoms with Gasteiger partial charge in [0.1, 0.15) is 0 Å². The summed E-state index contributed by atoms with van der Waals surface area (Å²) >= 11 is 8.26. The minimum absolute atomic E-state index is 0.142. The smallest absolute Gasteiger partial charge is 0.253 e. The van der Waals surface area contributed by atoms with E-state index in [2.05, 4.69) is 27.9 Å². The summed E-state index contributed by atoms with van der Waals surface area (Å²) in [7, 11) is 0. The summed E-state index contributed by atoms with van der Waals surface area (Å²) in [4.78, 5) is 12.2. The second-order valence-electron chi connectivity index (χ2n) is 4.97. The predicted octanol–water partition coefficient (Wildman–Crippen LogP) is 2.80. The lowest BCUT2D eigenvalue weighted by molar-refractivity contribution is 0.0898. The van der Waals surface area contributed by atoms with Gasteiger partial charge in [-0.25, -0.2) is 0 Å². The number of rotatable bonds is 4. The van der Waals surface area contributed by atoms with Gasteiger partial charge in [0.05, 0.1) is 16.1 Å². The summed E-state index contributed by atoms with van der Waals surface area (Å²) < 4.78 is 1.01. The molecule has 1 fully saturated rings. The molecule has 1 amide bonds. The van der Waals surface area contributed by atoms with Crippen LogP contribution in [0.15, 0.2) is 18.2 Å². The normalized spacial score (nSPS) is 18.2. The summed E-state index contributed by atoms with van der Waals surface area (Å²) in [5.41, 5.74) is 5.98. The van der Waals surface area contributed by atoms with Gasteiger partial charge in [-0.2, -0.15) is 0 Å². The quantitative estimate of drug-likeness (QED) is 0.792. The molecule has 1 aliphatic carbocycles. The first-order chi connectivity index (χ1) is 8.46. The van der Waals surface area contributed by atoms with Gasteiger partial charge in [-0.05, 0) is 66.5 Å². The fourth-order valence-corrected chi connectivity index (χ4v) is 2.98. The Kier molecular flexibility index (Phi) is 4.18. The second-order valence-corrected chi connectivity index (χ2v) is 6.63. The van der Waals surface area contributed by atoms with Gasteiger partial charge in [-0.3, -0.25) is 4.79 Å². The Morgan fingerprint density at radius 2 is 2.28 bits per heavy atom. The number of carbonyl (C=O) groups excluding carboxylic acids is 1. The summed E-state index contributed by atoms with van der Waals surface area (Å²) in [6, 6.07) is 5.41. The van der Waals surface area contributed by atoms with Crippen molar-refractivity contribution in [3.05, 3.63) is 32.4 Å². The van der Waals surface area contributed by atoms with Crippen molar-refractivity contribution >= 4 is 40.1 Å². The first kappa shape index (κ1) is 14.1. The minimum atomic E-state index is -0.316. The van der Waals surface area contributed by atoms with E-state index in [1.165, 1.54) is 0 Å². The van der Waals surface area contributed by atoms with Crippen LogP contribution < -0.4 is 11.1 Å². The summed E-state index contributed by atoms with van der Waals surface area (Å²) in [5, 5.41) is 3.51. The highest BCUT2D eigenvalue weighted by Crippen LogP contribution is 2.39. The average Bonchev–Trinajstić information content (AvgIpc) is 3.12. The van der Waals surface area contributed by atoms with Crippen LogP contribution in [0.25, 0.3) is 0 Å². The van der Waals surface area contributed by atoms with Crippen LogP contribution in [0.5, 0.6) is 0 Å². The van der Waals surface area contributed by atoms with Gasteiger partial charge in [-0.15, -0.1) is 0 Å². The molecule has 0 saturated heterocycles. The fraction of sp³-hybridized carbons (Fsp3) is 0.462. The number of nitrogens with one attached hydrogen (secondary N) is 1. The molecule has 1 atom stereocenters. The molecule has 0 aliphatic heterocycles. The van der Waals surface area contributed by atoms with Crippen LogP contribution in [-0.2, 0) is 0 Å². The van der Waals surface area contributed by atoms with Gasteiger partial charge in [0.15, 0.2) is 0 Å². The lowest BCUT2D eigenvalue weighted by Gasteiger charge is -2.29. The van der Waals surface area contributed by atoms with E-state index in [1.54, 1.807) is 12.1 Å². The first-order valence-electron chi connectivity index (χ1n) is 5.94. The Hall–Kier alpha value is -0.330. The molecule has 0 radical (unpaired) electrons. The van der Waals surface area contributed by atoms with Crippen molar-refractivity contribution in [3.63, 3.8) is 0 Å². The minimum Gasteiger partial charge on any atom is -0.345 e. The van der Waals surface area contributed by atoms with Crippen LogP contribution in [0.4, 0.5) is 0 Å². The van der Waals surface area contributed by atoms with E-state index in [9.17, 15) is 4.79 Å². The SMILES string of the molecule is CC(CN)(NC(=O)c1ccc(I)cc1Cl)C1CC1. The Labute approximate surface area is 126 Å². The van der Waals surface area contributed by atoms with Crippen LogP contribution in [-0.4, -0.2) is 18.0 Å². The zero-order chi connectivity index (χ0) is 13.3. The molecule has 18 heavy (non-hydrogen) atoms. The lowest BCUT2D eigenvalue weighted by atomic mass is 9.95. The Morgan fingerprint density at radius 1 is 1.61 bits per heavy atom. The lowest BCUT2D eigenvalue weighted by Crippen LogP contribution is -2.53. The van der Waals surface area contributed by atoms with Gasteiger partial charge >= 0.3 is 0 Å². The molecule has 3 N–H and O–H groups in total. The fourth-order valence-electron chi connectivity index (χ4n) is 2.04. The van der Waals surface area contributed by atoms with Crippen molar-refractivity contribution < 1.29 is 4.79 Å². The molecule has 1 aromatic rings. The van der Waals surface area contributed by atoms with E-state index in [0.717, 1.165) is 16.4 Å². The van der Waals surface area contributed by atoms with Gasteiger partial charge in [-0.1, -0.05) is 11.6 Å². The highest BCUT2D eigenvalue weighted by molar-refractivity contribution is 14.1. The second kappa shape index (κ2) is 5.35. The third-order valence-corrected chi connectivity index (χ3v) is 4.46. The van der Waals surface area contributed by atoms with Crippen molar-refractivity contribution in [3.8, 4) is 0 Å². The molecule has 0 spiro atoms. The van der Waals surface area contributed by atoms with Gasteiger partial charge < -0.3 is 11.1 Å². The Bertz CT molecular complexity index is 476. The zero-order valence-corrected chi connectivity index (χ0v) is 13.1. The number of nitrogens with two attached hydrogens (primary N) is 1. The Balaban J connectivity index is 2.16. The molecular weight excluding hydrogens is 363 g/mol. The maximum absolute atomic E-state index is 12.2. The standard InChI is InChI=1S/C13H16ClIN2O/c1-13(7-16,8-2-3-8)17-12(18)10-5-4-9(15)6-11(10)14/h4-6,8H,2-3,7,16H2,1H3,(H,17,18). The van der Waals surface area contributed by atoms with E-state index >= 15 is 0 Å². The van der Waals surface area contributed by atoms with Crippen LogP contribution in [0.2, 0.25) is 5.02 Å². The van der Waals surface area contributed by atoms with Crippen LogP contribution >= 0.6 is 34.2 Å². The molecular formula is C13H16ClIN2O. The van der Waals surface area contributed by atoms with Crippen molar-refractivity contribution in [2.75, 3.05) is 6.54 Å². The zero-order valence-electron chi connectivity index (χ0n) is 10.2. The monoisotopic (exact) mass is 378 g/mol. The molecule has 0 bridgehead atoms. The third kappa shape index (κ3) is 2.97. The van der Waals surface area contributed by atoms with Crippen LogP contribution in [0, 0.1) is 9.49 Å². The predicted molar refractivity (Wildman–Crippen MR) is 81.8 cm³/mol. The summed E-state index contributed by atoms with van der Waals surface area (Å²) in [6.45, 7) is 2.45. The summed E-state index contributed by atoms with van der Waals surface area (Å²) in [6.07, 6.45) is 2.27. The molecule has 0 aromatic heterocycles. The van der Waals surface area contributed by atoms with Crippen molar-refractivity contribution in [2.24, 2.45) is 11.7 Å². The van der Waals surface area contributed by atoms with Crippen molar-refractivity contribution in [1.29, 1.82) is 0 Å². The number of halogens is 2. The number of hydrogen-bond acceptors (Lipinski definition) is 2. The molecule has 98 valence electrons. The molecule has 1 aromatic carbocycles. The maximum atomic E-state index is 12.2. The van der Waals surface area contributed by atoms with E-state index < -0.39 is 0 Å². The van der Waals surface area contributed by atoms with Crippen LogP contribution in [0.3, 0.4) is 0 Å². The topological polar surface area (TPSA) is 55.1 Å². The number of amides is 1. The van der Waals surface area contributed by atoms with Gasteiger partial charge in [0.2, 0.25) is 0 Å². The van der Waals surface area contributed by atoms with Gasteiger partial charge in [0, 0.05) is 10.1 Å². The van der Waals surface area contributed by atoms with Gasteiger partial charge in [0.25, 0.3) is 5.91 Å². The Morgan fingerprint density at radius 3 is 2.78 bits per heavy atom. The molecule has 5 heteroatoms. The largest absolute Gasteiger partial charge is 0.345 e. The summed E-state index contributed by atoms with van der Waals surface area (Å²) in [5.74, 6) is 0.352. The van der Waals surface area contributed by atoms with E-state index in [4.69, 9.17) is 17.3 Å². The molecule has 1 unspecified atom stereocenters. The van der Waals surface area contributed by atoms with E-state index in [1.807, 2.05) is 13.0 Å². The van der Waals surface area contributed by atoms with Crippen LogP contribution in [0.1, 0.15) is 30.1 Å². The highest BCUT2D eigenvalue weighted by Gasteiger charge is 2.41. The third-order valence-electron chi connectivity index (χ3n) is 3.48. The molecule has 1 aliphatic rings. The number of benzene rings is 1. The number of carbonyl (C=O) groups is 1. The van der Waals surface area contributed by atoms with E-state index in [-0.39, 0.29) is 11.4 Å². The van der Waals surface area contributed by atoms with Crippen molar-refractivity contribution in [1.82, 2.24) is 5.32 Å². The average molecular weight is 379 g/mol. The molecule has 3 nitrogen and oxygen atoms in total. The first-order valence-corrected chi connectivity index (χ1v) is 7.39. The molecule has 1 saturated carbocycles. The maximum Gasteiger partial charge on any atom is 0.253 e. The highest BCUT2D eigenvalue weighted by atomic mass is 127. The number of hydrogen-bond donors (Lipinski definition) is 2. The molecule has 2 rings (SSSR count). The van der Waals surface area contributed by atoms with E-state index in [0.29, 0.717) is 23.0 Å². The molecule has 0 heterocycles.